The van der Waals surface area contributed by atoms with E-state index in [0.717, 1.165) is 30.6 Å². The second-order valence-electron chi connectivity index (χ2n) is 6.03. The second-order valence-corrected chi connectivity index (χ2v) is 6.03. The topological polar surface area (TPSA) is 46.9 Å². The first-order chi connectivity index (χ1) is 9.75. The van der Waals surface area contributed by atoms with Crippen molar-refractivity contribution in [3.63, 3.8) is 0 Å². The maximum Gasteiger partial charge on any atom is 0.228 e. The maximum atomic E-state index is 12.4. The van der Waals surface area contributed by atoms with E-state index in [2.05, 4.69) is 22.6 Å². The van der Waals surface area contributed by atoms with Crippen molar-refractivity contribution in [1.29, 1.82) is 0 Å². The van der Waals surface area contributed by atoms with Gasteiger partial charge in [-0.25, -0.2) is 4.68 Å². The number of aryl methyl sites for hydroxylation is 1. The molecule has 4 heteroatoms. The monoisotopic (exact) mass is 273 g/mol. The summed E-state index contributed by atoms with van der Waals surface area (Å²) in [4.78, 5) is 12.4. The summed E-state index contributed by atoms with van der Waals surface area (Å²) in [6, 6.07) is 0.463. The third kappa shape index (κ3) is 2.65. The number of anilines is 1. The molecule has 2 aliphatic rings. The smallest absolute Gasteiger partial charge is 0.228 e. The zero-order chi connectivity index (χ0) is 13.9. The maximum absolute atomic E-state index is 12.4. The fourth-order valence-corrected chi connectivity index (χ4v) is 3.28. The van der Waals surface area contributed by atoms with E-state index in [0.29, 0.717) is 6.04 Å². The van der Waals surface area contributed by atoms with Crippen molar-refractivity contribution >= 4 is 11.7 Å². The molecule has 2 aliphatic carbocycles. The average molecular weight is 273 g/mol. The summed E-state index contributed by atoms with van der Waals surface area (Å²) in [7, 11) is 0. The fourth-order valence-electron chi connectivity index (χ4n) is 3.28. The van der Waals surface area contributed by atoms with Crippen LogP contribution in [0, 0.1) is 12.8 Å². The van der Waals surface area contributed by atoms with Crippen molar-refractivity contribution in [3.8, 4) is 0 Å². The van der Waals surface area contributed by atoms with Crippen molar-refractivity contribution in [2.24, 2.45) is 5.92 Å². The number of allylic oxidation sites excluding steroid dienone is 2. The average Bonchev–Trinajstić information content (AvgIpc) is 3.11. The molecule has 1 saturated carbocycles. The van der Waals surface area contributed by atoms with E-state index in [1.165, 1.54) is 25.7 Å². The van der Waals surface area contributed by atoms with E-state index >= 15 is 0 Å². The lowest BCUT2D eigenvalue weighted by molar-refractivity contribution is -0.120. The van der Waals surface area contributed by atoms with Crippen molar-refractivity contribution < 1.29 is 4.79 Å². The van der Waals surface area contributed by atoms with Gasteiger partial charge in [-0.05, 0) is 39.0 Å². The van der Waals surface area contributed by atoms with Gasteiger partial charge in [0.2, 0.25) is 5.91 Å². The van der Waals surface area contributed by atoms with Crippen molar-refractivity contribution in [2.75, 3.05) is 5.32 Å². The Balaban J connectivity index is 1.74. The van der Waals surface area contributed by atoms with Crippen LogP contribution in [-0.4, -0.2) is 15.7 Å². The number of aromatic nitrogens is 2. The van der Waals surface area contributed by atoms with Crippen LogP contribution >= 0.6 is 0 Å². The van der Waals surface area contributed by atoms with Crippen molar-refractivity contribution in [2.45, 2.75) is 57.9 Å². The lowest BCUT2D eigenvalue weighted by Crippen LogP contribution is -2.26. The Morgan fingerprint density at radius 1 is 1.30 bits per heavy atom. The van der Waals surface area contributed by atoms with Gasteiger partial charge in [0.05, 0.1) is 12.2 Å². The van der Waals surface area contributed by atoms with Gasteiger partial charge in [0, 0.05) is 11.5 Å². The van der Waals surface area contributed by atoms with Crippen LogP contribution in [0.2, 0.25) is 0 Å². The first-order valence-corrected chi connectivity index (χ1v) is 7.75. The van der Waals surface area contributed by atoms with E-state index in [9.17, 15) is 4.79 Å². The summed E-state index contributed by atoms with van der Waals surface area (Å²) in [6.07, 6.45) is 13.9. The van der Waals surface area contributed by atoms with Gasteiger partial charge >= 0.3 is 0 Å². The van der Waals surface area contributed by atoms with Crippen LogP contribution in [0.15, 0.2) is 18.3 Å². The van der Waals surface area contributed by atoms with E-state index in [4.69, 9.17) is 0 Å². The minimum absolute atomic E-state index is 0.117. The lowest BCUT2D eigenvalue weighted by atomic mass is 9.94. The Labute approximate surface area is 120 Å². The molecule has 1 aromatic rings. The van der Waals surface area contributed by atoms with Gasteiger partial charge in [0.25, 0.3) is 0 Å². The van der Waals surface area contributed by atoms with E-state index < -0.39 is 0 Å². The molecule has 1 aromatic heterocycles. The van der Waals surface area contributed by atoms with Crippen LogP contribution in [0.25, 0.3) is 0 Å². The first-order valence-electron chi connectivity index (χ1n) is 7.75. The molecule has 20 heavy (non-hydrogen) atoms. The molecule has 0 bridgehead atoms. The molecule has 1 unspecified atom stereocenters. The summed E-state index contributed by atoms with van der Waals surface area (Å²) in [5.41, 5.74) is 1.07. The number of hydrogen-bond acceptors (Lipinski definition) is 2. The molecular weight excluding hydrogens is 250 g/mol. The third-order valence-corrected chi connectivity index (χ3v) is 4.53. The lowest BCUT2D eigenvalue weighted by Gasteiger charge is -2.20. The summed E-state index contributed by atoms with van der Waals surface area (Å²) in [6.45, 7) is 2.02. The minimum Gasteiger partial charge on any atom is -0.310 e. The molecule has 0 radical (unpaired) electrons. The highest BCUT2D eigenvalue weighted by molar-refractivity contribution is 5.92. The summed E-state index contributed by atoms with van der Waals surface area (Å²) >= 11 is 0. The molecule has 1 N–H and O–H groups in total. The van der Waals surface area contributed by atoms with Crippen LogP contribution in [0.5, 0.6) is 0 Å². The number of rotatable bonds is 3. The van der Waals surface area contributed by atoms with E-state index in [1.807, 2.05) is 17.8 Å². The SMILES string of the molecule is Cc1cnn(C2CCCC2)c1NC(=O)C1CC=CCC1. The van der Waals surface area contributed by atoms with Gasteiger partial charge in [-0.2, -0.15) is 5.10 Å². The Bertz CT molecular complexity index is 512. The number of carbonyl (C=O) groups is 1. The van der Waals surface area contributed by atoms with Gasteiger partial charge in [-0.3, -0.25) is 4.79 Å². The largest absolute Gasteiger partial charge is 0.310 e. The molecule has 0 aliphatic heterocycles. The third-order valence-electron chi connectivity index (χ3n) is 4.53. The summed E-state index contributed by atoms with van der Waals surface area (Å²) < 4.78 is 2.04. The molecule has 3 rings (SSSR count). The molecule has 108 valence electrons. The van der Waals surface area contributed by atoms with Gasteiger partial charge < -0.3 is 5.32 Å². The molecule has 0 aromatic carbocycles. The van der Waals surface area contributed by atoms with Crippen LogP contribution in [-0.2, 0) is 4.79 Å². The molecule has 0 spiro atoms. The highest BCUT2D eigenvalue weighted by Crippen LogP contribution is 2.33. The number of hydrogen-bond donors (Lipinski definition) is 1. The Morgan fingerprint density at radius 2 is 2.10 bits per heavy atom. The highest BCUT2D eigenvalue weighted by Gasteiger charge is 2.24. The highest BCUT2D eigenvalue weighted by atomic mass is 16.2. The molecular formula is C16H23N3O. The molecule has 0 saturated heterocycles. The summed E-state index contributed by atoms with van der Waals surface area (Å²) in [5, 5.41) is 7.62. The minimum atomic E-state index is 0.117. The van der Waals surface area contributed by atoms with Gasteiger partial charge in [0.1, 0.15) is 5.82 Å². The van der Waals surface area contributed by atoms with Crippen LogP contribution in [0.1, 0.15) is 56.6 Å². The number of carbonyl (C=O) groups excluding carboxylic acids is 1. The summed E-state index contributed by atoms with van der Waals surface area (Å²) in [5.74, 6) is 1.18. The van der Waals surface area contributed by atoms with Crippen molar-refractivity contribution in [1.82, 2.24) is 9.78 Å². The number of nitrogens with one attached hydrogen (secondary N) is 1. The fraction of sp³-hybridized carbons (Fsp3) is 0.625. The van der Waals surface area contributed by atoms with E-state index in [-0.39, 0.29) is 11.8 Å². The predicted octanol–water partition coefficient (Wildman–Crippen LogP) is 3.60. The molecule has 4 nitrogen and oxygen atoms in total. The Kier molecular flexibility index (Phi) is 3.90. The van der Waals surface area contributed by atoms with Gasteiger partial charge in [0.15, 0.2) is 0 Å². The zero-order valence-electron chi connectivity index (χ0n) is 12.1. The Morgan fingerprint density at radius 3 is 2.80 bits per heavy atom. The van der Waals surface area contributed by atoms with Gasteiger partial charge in [-0.1, -0.05) is 25.0 Å². The quantitative estimate of drug-likeness (QED) is 0.855. The van der Waals surface area contributed by atoms with Crippen LogP contribution in [0.4, 0.5) is 5.82 Å². The molecule has 1 atom stereocenters. The molecule has 1 heterocycles. The second kappa shape index (κ2) is 5.81. The number of amides is 1. The van der Waals surface area contributed by atoms with Crippen LogP contribution < -0.4 is 5.32 Å². The molecule has 1 fully saturated rings. The standard InChI is InChI=1S/C16H23N3O/c1-12-11-17-19(14-9-5-6-10-14)15(12)18-16(20)13-7-3-2-4-8-13/h2-3,11,13-14H,4-10H2,1H3,(H,18,20). The zero-order valence-corrected chi connectivity index (χ0v) is 12.1. The predicted molar refractivity (Wildman–Crippen MR) is 79.6 cm³/mol. The normalized spacial score (nSPS) is 23.1. The number of nitrogens with zero attached hydrogens (tertiary/aromatic N) is 2. The van der Waals surface area contributed by atoms with Crippen LogP contribution in [0.3, 0.4) is 0 Å². The first kappa shape index (κ1) is 13.4. The molecule has 1 amide bonds. The van der Waals surface area contributed by atoms with Crippen molar-refractivity contribution in [3.05, 3.63) is 23.9 Å². The van der Waals surface area contributed by atoms with E-state index in [1.54, 1.807) is 0 Å². The van der Waals surface area contributed by atoms with Gasteiger partial charge in [-0.15, -0.1) is 0 Å². The Hall–Kier alpha value is -1.58.